The van der Waals surface area contributed by atoms with Crippen molar-refractivity contribution < 1.29 is 28.1 Å². The number of rotatable bonds is 6. The van der Waals surface area contributed by atoms with Gasteiger partial charge >= 0.3 is 12.2 Å². The van der Waals surface area contributed by atoms with Gasteiger partial charge < -0.3 is 9.47 Å². The second-order valence-corrected chi connectivity index (χ2v) is 25.8. The topological polar surface area (TPSA) is 112 Å². The van der Waals surface area contributed by atoms with E-state index < -0.39 is 22.2 Å². The van der Waals surface area contributed by atoms with E-state index in [1.165, 1.54) is 114 Å². The highest BCUT2D eigenvalue weighted by atomic mass is 32.2. The third-order valence-electron chi connectivity index (χ3n) is 14.8. The molecule has 66 heavy (non-hydrogen) atoms. The monoisotopic (exact) mass is 930 g/mol. The number of Topliss-reactive ketones (excluding diaryl/α,β-unsaturated/α-hetero) is 1. The Kier molecular flexibility index (Phi) is 15.9. The lowest BCUT2D eigenvalue weighted by Gasteiger charge is -2.45. The Morgan fingerprint density at radius 1 is 0.636 bits per heavy atom. The van der Waals surface area contributed by atoms with Crippen molar-refractivity contribution in [1.82, 2.24) is 14.5 Å². The number of nitrogens with zero attached hydrogens (tertiary/aromatic N) is 4. The number of carbonyl (C=O) groups excluding carboxylic acids is 3. The molecule has 2 spiro atoms. The summed E-state index contributed by atoms with van der Waals surface area (Å²) >= 11 is 0. The third-order valence-corrected chi connectivity index (χ3v) is 16.4. The number of hydrogen-bond donors (Lipinski definition) is 1. The van der Waals surface area contributed by atoms with Crippen molar-refractivity contribution in [3.05, 3.63) is 58.7 Å². The van der Waals surface area contributed by atoms with E-state index >= 15 is 0 Å². The molecular formula is C54H83N5O6S. The number of ketones is 1. The van der Waals surface area contributed by atoms with Crippen LogP contribution in [0.15, 0.2) is 36.4 Å². The van der Waals surface area contributed by atoms with Crippen molar-refractivity contribution in [3.63, 3.8) is 0 Å². The summed E-state index contributed by atoms with van der Waals surface area (Å²) in [4.78, 5) is 46.9. The lowest BCUT2D eigenvalue weighted by molar-refractivity contribution is 0.0493. The van der Waals surface area contributed by atoms with Crippen LogP contribution >= 0.6 is 0 Å². The van der Waals surface area contributed by atoms with Crippen LogP contribution in [0.25, 0.3) is 0 Å². The van der Waals surface area contributed by atoms with Crippen molar-refractivity contribution in [2.75, 3.05) is 49.1 Å². The number of amides is 2. The van der Waals surface area contributed by atoms with Crippen LogP contribution in [0.4, 0.5) is 21.0 Å². The van der Waals surface area contributed by atoms with E-state index in [-0.39, 0.29) is 28.8 Å². The zero-order chi connectivity index (χ0) is 47.5. The maximum Gasteiger partial charge on any atom is 0.414 e. The van der Waals surface area contributed by atoms with Gasteiger partial charge in [-0.2, -0.15) is 0 Å². The number of benzene rings is 2. The molecule has 366 valence electrons. The molecule has 0 aromatic heterocycles. The Hall–Kier alpha value is -3.32. The molecule has 0 radical (unpaired) electrons. The van der Waals surface area contributed by atoms with Gasteiger partial charge in [-0.15, -0.1) is 0 Å². The molecule has 6 aliphatic rings. The van der Waals surface area contributed by atoms with Crippen LogP contribution in [0, 0.1) is 10.8 Å². The van der Waals surface area contributed by atoms with Crippen LogP contribution in [0.5, 0.6) is 0 Å². The molecule has 11 nitrogen and oxygen atoms in total. The Morgan fingerprint density at radius 2 is 1.11 bits per heavy atom. The van der Waals surface area contributed by atoms with E-state index in [1.807, 2.05) is 74.4 Å². The zero-order valence-electron chi connectivity index (χ0n) is 42.2. The first-order chi connectivity index (χ1) is 31.1. The molecule has 12 heteroatoms. The van der Waals surface area contributed by atoms with Crippen molar-refractivity contribution in [3.8, 4) is 0 Å². The Bertz CT molecular complexity index is 2040. The summed E-state index contributed by atoms with van der Waals surface area (Å²) in [5, 5.41) is 0. The Morgan fingerprint density at radius 3 is 1.61 bits per heavy atom. The van der Waals surface area contributed by atoms with Crippen molar-refractivity contribution in [2.45, 2.75) is 200 Å². The van der Waals surface area contributed by atoms with Crippen molar-refractivity contribution in [2.24, 2.45) is 10.8 Å². The summed E-state index contributed by atoms with van der Waals surface area (Å²) in [6.45, 7) is 24.6. The fraction of sp³-hybridized carbons (Fsp3) is 0.722. The van der Waals surface area contributed by atoms with E-state index in [0.29, 0.717) is 48.0 Å². The highest BCUT2D eigenvalue weighted by molar-refractivity contribution is 7.84. The number of anilines is 2. The highest BCUT2D eigenvalue weighted by Crippen LogP contribution is 2.45. The SMILES string of the molecule is CC(C)(C)OC(=O)N1CCC(=O)c2cc(CN3CCCC4(CCCCC4)C3)ccc21.CC(C)(C)OC(=O)N1CC[C@@H](N[S@](=O)C(C)(C)C)c2cc(CN3CCCC4(CCCCC4)C3)ccc21. The third kappa shape index (κ3) is 13.1. The maximum absolute atomic E-state index is 13.1. The zero-order valence-corrected chi connectivity index (χ0v) is 43.0. The van der Waals surface area contributed by atoms with Gasteiger partial charge in [0.25, 0.3) is 0 Å². The molecule has 4 fully saturated rings. The predicted molar refractivity (Wildman–Crippen MR) is 267 cm³/mol. The fourth-order valence-corrected chi connectivity index (χ4v) is 12.5. The molecule has 0 unspecified atom stereocenters. The summed E-state index contributed by atoms with van der Waals surface area (Å²) < 4.78 is 27.3. The summed E-state index contributed by atoms with van der Waals surface area (Å²) in [6, 6.07) is 12.4. The Balaban J connectivity index is 0.000000199. The maximum atomic E-state index is 13.1. The normalized spacial score (nSPS) is 23.0. The highest BCUT2D eigenvalue weighted by Gasteiger charge is 2.39. The van der Waals surface area contributed by atoms with Crippen LogP contribution in [0.2, 0.25) is 0 Å². The van der Waals surface area contributed by atoms with Crippen LogP contribution in [0.1, 0.15) is 198 Å². The molecule has 2 atom stereocenters. The lowest BCUT2D eigenvalue weighted by atomic mass is 9.69. The first-order valence-corrected chi connectivity index (χ1v) is 26.7. The molecule has 8 rings (SSSR count). The lowest BCUT2D eigenvalue weighted by Crippen LogP contribution is -2.45. The summed E-state index contributed by atoms with van der Waals surface area (Å²) in [5.74, 6) is 0.119. The summed E-state index contributed by atoms with van der Waals surface area (Å²) in [5.41, 5.74) is 5.63. The first kappa shape index (κ1) is 50.6. The fourth-order valence-electron chi connectivity index (χ4n) is 11.6. The average Bonchev–Trinajstić information content (AvgIpc) is 3.23. The smallest absolute Gasteiger partial charge is 0.414 e. The largest absolute Gasteiger partial charge is 0.443 e. The predicted octanol–water partition coefficient (Wildman–Crippen LogP) is 12.0. The number of hydrogen-bond acceptors (Lipinski definition) is 8. The van der Waals surface area contributed by atoms with Gasteiger partial charge in [0, 0.05) is 57.3 Å². The molecule has 2 aromatic rings. The molecule has 2 aromatic carbocycles. The van der Waals surface area contributed by atoms with Crippen LogP contribution in [-0.2, 0) is 33.5 Å². The number of nitrogens with one attached hydrogen (secondary N) is 1. The second-order valence-electron chi connectivity index (χ2n) is 23.8. The van der Waals surface area contributed by atoms with E-state index in [1.54, 1.807) is 9.80 Å². The van der Waals surface area contributed by atoms with Crippen LogP contribution < -0.4 is 14.5 Å². The van der Waals surface area contributed by atoms with E-state index in [2.05, 4.69) is 38.8 Å². The Labute approximate surface area is 400 Å². The van der Waals surface area contributed by atoms with Gasteiger partial charge in [0.05, 0.1) is 27.1 Å². The molecule has 0 bridgehead atoms. The minimum atomic E-state index is -1.20. The van der Waals surface area contributed by atoms with Gasteiger partial charge in [0.1, 0.15) is 11.2 Å². The van der Waals surface area contributed by atoms with Gasteiger partial charge in [0.15, 0.2) is 5.78 Å². The molecule has 2 amide bonds. The van der Waals surface area contributed by atoms with Crippen molar-refractivity contribution in [1.29, 1.82) is 0 Å². The average molecular weight is 930 g/mol. The molecule has 1 N–H and O–H groups in total. The second kappa shape index (κ2) is 20.7. The summed E-state index contributed by atoms with van der Waals surface area (Å²) in [7, 11) is -1.20. The molecule has 2 saturated heterocycles. The number of fused-ring (bicyclic) bond motifs is 2. The quantitative estimate of drug-likeness (QED) is 0.305. The summed E-state index contributed by atoms with van der Waals surface area (Å²) in [6.07, 6.45) is 19.5. The van der Waals surface area contributed by atoms with Gasteiger partial charge in [-0.1, -0.05) is 56.7 Å². The first-order valence-electron chi connectivity index (χ1n) is 25.5. The molecule has 4 heterocycles. The van der Waals surface area contributed by atoms with Gasteiger partial charge in [-0.25, -0.2) is 18.5 Å². The van der Waals surface area contributed by atoms with Gasteiger partial charge in [0.2, 0.25) is 0 Å². The number of piperidine rings is 2. The number of ether oxygens (including phenoxy) is 2. The molecular weight excluding hydrogens is 847 g/mol. The van der Waals surface area contributed by atoms with E-state index in [0.717, 1.165) is 37.4 Å². The van der Waals surface area contributed by atoms with Crippen LogP contribution in [-0.4, -0.2) is 87.2 Å². The van der Waals surface area contributed by atoms with Gasteiger partial charge in [-0.05, 0) is 179 Å². The molecule has 4 aliphatic heterocycles. The van der Waals surface area contributed by atoms with Gasteiger partial charge in [-0.3, -0.25) is 24.4 Å². The van der Waals surface area contributed by atoms with E-state index in [4.69, 9.17) is 9.47 Å². The molecule has 2 aliphatic carbocycles. The number of carbonyl (C=O) groups is 3. The van der Waals surface area contributed by atoms with Crippen molar-refractivity contribution >= 4 is 40.3 Å². The standard InChI is InChI=1S/C29H47N3O3S.C25H36N2O3/c1-27(2,3)35-26(33)32-18-13-24(30-36(34)28(4,5)6)23-19-22(11-12-25(23)32)20-31-17-10-16-29(21-31)14-8-7-9-15-29;1-24(2,3)30-23(29)27-15-10-22(28)20-16-19(8-9-21(20)27)17-26-14-7-13-25(18-26)11-5-4-6-12-25/h11-12,19,24,30H,7-10,13-18,20-21H2,1-6H3;8-9,16H,4-7,10-15,17-18H2,1-3H3/t24-,36-;/m1./s1. The minimum Gasteiger partial charge on any atom is -0.443 e. The minimum absolute atomic E-state index is 0.0651. The van der Waals surface area contributed by atoms with Crippen LogP contribution in [0.3, 0.4) is 0 Å². The number of likely N-dealkylation sites (tertiary alicyclic amines) is 2. The molecule has 2 saturated carbocycles. The van der Waals surface area contributed by atoms with E-state index in [9.17, 15) is 18.6 Å².